The molecule has 1 radical (unpaired) electrons. The molecule has 7 fully saturated rings. The SMILES string of the molecule is C.C(CN1CC[N-]CC1)CN1CCOCC1.CC.CC.CC1C(OC(=O)CC(C)(C)C(=O)O)CCC2(C)C1CCC1(C)C3CC[C-]4CCCC4C3CCC21.[Y]. The number of fused-ring (bicyclic) bond motifs is 7. The summed E-state index contributed by atoms with van der Waals surface area (Å²) in [5.74, 6) is 5.14. The number of rotatable bonds is 8. The van der Waals surface area contributed by atoms with Crippen molar-refractivity contribution in [2.75, 3.05) is 65.6 Å². The molecule has 0 aromatic carbocycles. The van der Waals surface area contributed by atoms with Gasteiger partial charge in [0.15, 0.2) is 0 Å². The number of piperazine rings is 1. The minimum atomic E-state index is -1.08. The molecule has 2 heterocycles. The number of aliphatic carboxylic acids is 1. The van der Waals surface area contributed by atoms with E-state index in [1.165, 1.54) is 90.4 Å². The normalized spacial score (nSPS) is 36.0. The van der Waals surface area contributed by atoms with Gasteiger partial charge in [0, 0.05) is 45.8 Å². The van der Waals surface area contributed by atoms with E-state index < -0.39 is 11.4 Å². The number of morpholine rings is 1. The molecule has 319 valence electrons. The quantitative estimate of drug-likeness (QED) is 0.192. The zero-order chi connectivity index (χ0) is 38.8. The Kier molecular flexibility index (Phi) is 21.9. The Hall–Kier alpha value is -0.116. The van der Waals surface area contributed by atoms with Gasteiger partial charge in [-0.15, -0.1) is 13.1 Å². The second kappa shape index (κ2) is 23.6. The molecule has 0 spiro atoms. The molecule has 0 bridgehead atoms. The topological polar surface area (TPSA) is 93.4 Å². The Balaban J connectivity index is 0.000000419. The Morgan fingerprint density at radius 2 is 1.45 bits per heavy atom. The molecule has 7 rings (SSSR count). The minimum Gasteiger partial charge on any atom is -0.660 e. The van der Waals surface area contributed by atoms with Gasteiger partial charge in [0.05, 0.1) is 25.0 Å². The number of nitrogens with zero attached hydrogens (tertiary/aromatic N) is 3. The molecule has 7 aliphatic rings. The minimum absolute atomic E-state index is 0. The Labute approximate surface area is 364 Å². The van der Waals surface area contributed by atoms with Crippen molar-refractivity contribution in [1.82, 2.24) is 9.80 Å². The van der Waals surface area contributed by atoms with E-state index in [1.54, 1.807) is 13.8 Å². The summed E-state index contributed by atoms with van der Waals surface area (Å²) in [6.45, 7) is 29.7. The van der Waals surface area contributed by atoms with Crippen LogP contribution in [-0.2, 0) is 51.8 Å². The molecular weight excluding hydrogens is 763 g/mol. The summed E-state index contributed by atoms with van der Waals surface area (Å²) >= 11 is 0. The summed E-state index contributed by atoms with van der Waals surface area (Å²) in [5.41, 5.74) is -0.275. The van der Waals surface area contributed by atoms with Gasteiger partial charge < -0.3 is 30.7 Å². The fourth-order valence-electron chi connectivity index (χ4n) is 12.5. The van der Waals surface area contributed by atoms with E-state index in [2.05, 4.69) is 35.9 Å². The van der Waals surface area contributed by atoms with Crippen LogP contribution in [0.4, 0.5) is 0 Å². The summed E-state index contributed by atoms with van der Waals surface area (Å²) in [6.07, 6.45) is 15.8. The van der Waals surface area contributed by atoms with Crippen LogP contribution in [0.3, 0.4) is 0 Å². The molecule has 2 aliphatic heterocycles. The van der Waals surface area contributed by atoms with E-state index >= 15 is 0 Å². The van der Waals surface area contributed by atoms with Gasteiger partial charge in [0.2, 0.25) is 0 Å². The third kappa shape index (κ3) is 12.2. The van der Waals surface area contributed by atoms with Crippen LogP contribution in [0.1, 0.15) is 153 Å². The number of hydrogen-bond acceptors (Lipinski definition) is 6. The summed E-state index contributed by atoms with van der Waals surface area (Å²) in [4.78, 5) is 29.2. The van der Waals surface area contributed by atoms with Crippen molar-refractivity contribution < 1.29 is 56.9 Å². The molecule has 9 unspecified atom stereocenters. The van der Waals surface area contributed by atoms with Crippen molar-refractivity contribution in [2.24, 2.45) is 51.8 Å². The summed E-state index contributed by atoms with van der Waals surface area (Å²) in [7, 11) is 0. The van der Waals surface area contributed by atoms with E-state index in [4.69, 9.17) is 9.47 Å². The van der Waals surface area contributed by atoms with E-state index in [0.717, 1.165) is 75.9 Å². The average molecular weight is 849 g/mol. The first-order chi connectivity index (χ1) is 25.4. The smallest absolute Gasteiger partial charge is 0.309 e. The fraction of sp³-hybridized carbons (Fsp3) is 0.935. The van der Waals surface area contributed by atoms with Crippen LogP contribution in [0.5, 0.6) is 0 Å². The largest absolute Gasteiger partial charge is 0.660 e. The van der Waals surface area contributed by atoms with Crippen LogP contribution < -0.4 is 0 Å². The molecule has 9 atom stereocenters. The monoisotopic (exact) mass is 849 g/mol. The molecular formula is C46H85N3O5Y-2. The molecule has 5 saturated carbocycles. The maximum absolute atomic E-state index is 12.7. The molecule has 55 heavy (non-hydrogen) atoms. The predicted molar refractivity (Wildman–Crippen MR) is 224 cm³/mol. The molecule has 0 aromatic rings. The average Bonchev–Trinajstić information content (AvgIpc) is 3.65. The first-order valence-electron chi connectivity index (χ1n) is 22.4. The van der Waals surface area contributed by atoms with Crippen molar-refractivity contribution in [1.29, 1.82) is 0 Å². The maximum atomic E-state index is 12.7. The third-order valence-electron chi connectivity index (χ3n) is 15.3. The van der Waals surface area contributed by atoms with E-state index in [-0.39, 0.29) is 58.6 Å². The van der Waals surface area contributed by atoms with Crippen LogP contribution in [0.15, 0.2) is 0 Å². The Bertz CT molecular complexity index is 1110. The van der Waals surface area contributed by atoms with Gasteiger partial charge in [0.25, 0.3) is 0 Å². The number of esters is 1. The van der Waals surface area contributed by atoms with Gasteiger partial charge in [-0.2, -0.15) is 18.8 Å². The summed E-state index contributed by atoms with van der Waals surface area (Å²) in [6, 6.07) is 0. The zero-order valence-electron chi connectivity index (χ0n) is 36.3. The number of carboxylic acid groups (broad SMARTS) is 1. The van der Waals surface area contributed by atoms with Gasteiger partial charge in [0.1, 0.15) is 6.10 Å². The van der Waals surface area contributed by atoms with Crippen molar-refractivity contribution in [3.8, 4) is 0 Å². The van der Waals surface area contributed by atoms with E-state index in [0.29, 0.717) is 22.7 Å². The van der Waals surface area contributed by atoms with Crippen LogP contribution in [0, 0.1) is 57.7 Å². The van der Waals surface area contributed by atoms with Gasteiger partial charge >= 0.3 is 11.9 Å². The zero-order valence-corrected chi connectivity index (χ0v) is 39.1. The van der Waals surface area contributed by atoms with Gasteiger partial charge in [-0.3, -0.25) is 14.5 Å². The van der Waals surface area contributed by atoms with Gasteiger partial charge in [-0.05, 0) is 113 Å². The Morgan fingerprint density at radius 1 is 0.855 bits per heavy atom. The second-order valence-corrected chi connectivity index (χ2v) is 18.4. The second-order valence-electron chi connectivity index (χ2n) is 18.4. The number of carbonyl (C=O) groups excluding carboxylic acids is 1. The summed E-state index contributed by atoms with van der Waals surface area (Å²) < 4.78 is 11.3. The van der Waals surface area contributed by atoms with Crippen molar-refractivity contribution in [3.05, 3.63) is 11.2 Å². The molecule has 8 nitrogen and oxygen atoms in total. The van der Waals surface area contributed by atoms with Crippen LogP contribution >= 0.6 is 0 Å². The van der Waals surface area contributed by atoms with Crippen molar-refractivity contribution in [2.45, 2.75) is 159 Å². The number of carboxylic acids is 1. The standard InChI is InChI=1S/C30H47O4.C11H22N3O.2C2H6.CH4.Y/c1-18-22-13-15-30(5)23-11-9-19-7-6-8-20(19)21(23)10-12-25(30)29(22,4)16-14-24(18)34-26(31)17-28(2,3)27(32)33;1(4-13-6-2-12-3-7-13)5-14-8-10-15-11-9-14;2*1-2;;/h18,20-25H,6-17H2,1-5H3,(H,32,33);1-11H2;2*1-2H3;1H4;/q2*-1;;;;. The molecule has 0 amide bonds. The fourth-order valence-corrected chi connectivity index (χ4v) is 12.5. The van der Waals surface area contributed by atoms with Gasteiger partial charge in [-0.1, -0.05) is 87.5 Å². The first-order valence-corrected chi connectivity index (χ1v) is 22.4. The third-order valence-corrected chi connectivity index (χ3v) is 15.3. The van der Waals surface area contributed by atoms with Gasteiger partial charge in [-0.25, -0.2) is 0 Å². The van der Waals surface area contributed by atoms with Crippen molar-refractivity contribution >= 4 is 11.9 Å². The molecule has 2 saturated heterocycles. The number of carbonyl (C=O) groups is 2. The maximum Gasteiger partial charge on any atom is 0.309 e. The predicted octanol–water partition coefficient (Wildman–Crippen LogP) is 10.1. The number of hydrogen-bond donors (Lipinski definition) is 1. The molecule has 0 aromatic heterocycles. The van der Waals surface area contributed by atoms with Crippen LogP contribution in [-0.4, -0.2) is 98.5 Å². The first kappa shape index (κ1) is 51.0. The van der Waals surface area contributed by atoms with Crippen LogP contribution in [0.2, 0.25) is 0 Å². The molecule has 5 aliphatic carbocycles. The number of ether oxygens (including phenoxy) is 2. The van der Waals surface area contributed by atoms with E-state index in [9.17, 15) is 14.7 Å². The molecule has 1 N–H and O–H groups in total. The Morgan fingerprint density at radius 3 is 2.09 bits per heavy atom. The molecule has 9 heteroatoms. The van der Waals surface area contributed by atoms with Crippen LogP contribution in [0.25, 0.3) is 5.32 Å². The summed E-state index contributed by atoms with van der Waals surface area (Å²) in [5, 5.41) is 13.8. The van der Waals surface area contributed by atoms with Crippen molar-refractivity contribution in [3.63, 3.8) is 0 Å². The van der Waals surface area contributed by atoms with E-state index in [1.807, 2.05) is 33.6 Å².